The van der Waals surface area contributed by atoms with Gasteiger partial charge in [0.25, 0.3) is 0 Å². The van der Waals surface area contributed by atoms with E-state index in [4.69, 9.17) is 10.6 Å². The van der Waals surface area contributed by atoms with Crippen LogP contribution in [0.1, 0.15) is 6.42 Å². The molecule has 5 nitrogen and oxygen atoms in total. The number of nitrogens with one attached hydrogen (secondary N) is 2. The summed E-state index contributed by atoms with van der Waals surface area (Å²) in [5, 5.41) is 2.51. The average Bonchev–Trinajstić information content (AvgIpc) is 1.98. The first kappa shape index (κ1) is 13.1. The van der Waals surface area contributed by atoms with Crippen LogP contribution in [0, 0.1) is 0 Å². The van der Waals surface area contributed by atoms with E-state index in [1.54, 1.807) is 7.11 Å². The maximum atomic E-state index is 10.4. The zero-order valence-electron chi connectivity index (χ0n) is 6.42. The SMILES string of the molecule is COCCCNC(=O)NN.Cl. The van der Waals surface area contributed by atoms with Crippen LogP contribution < -0.4 is 16.6 Å². The van der Waals surface area contributed by atoms with Crippen LogP contribution in [0.2, 0.25) is 0 Å². The fourth-order valence-corrected chi connectivity index (χ4v) is 0.469. The summed E-state index contributed by atoms with van der Waals surface area (Å²) in [6.07, 6.45) is 0.796. The van der Waals surface area contributed by atoms with Gasteiger partial charge in [0.1, 0.15) is 0 Å². The molecule has 6 heteroatoms. The molecule has 0 aromatic rings. The second-order valence-corrected chi connectivity index (χ2v) is 1.75. The molecule has 0 aliphatic carbocycles. The summed E-state index contributed by atoms with van der Waals surface area (Å²) in [4.78, 5) is 10.4. The molecule has 0 saturated carbocycles. The van der Waals surface area contributed by atoms with E-state index in [2.05, 4.69) is 5.32 Å². The van der Waals surface area contributed by atoms with Gasteiger partial charge in [-0.25, -0.2) is 10.6 Å². The molecule has 0 fully saturated rings. The molecule has 0 aliphatic rings. The van der Waals surface area contributed by atoms with Gasteiger partial charge >= 0.3 is 6.03 Å². The molecule has 2 amide bonds. The van der Waals surface area contributed by atoms with Gasteiger partial charge in [-0.1, -0.05) is 0 Å². The zero-order valence-corrected chi connectivity index (χ0v) is 7.24. The molecular formula is C5H14ClN3O2. The van der Waals surface area contributed by atoms with E-state index in [-0.39, 0.29) is 18.4 Å². The molecular weight excluding hydrogens is 170 g/mol. The number of nitrogens with two attached hydrogens (primary N) is 1. The van der Waals surface area contributed by atoms with Crippen LogP contribution in [0.5, 0.6) is 0 Å². The third-order valence-corrected chi connectivity index (χ3v) is 0.942. The van der Waals surface area contributed by atoms with Crippen LogP contribution in [0.25, 0.3) is 0 Å². The largest absolute Gasteiger partial charge is 0.385 e. The molecule has 68 valence electrons. The number of carbonyl (C=O) groups excluding carboxylic acids is 1. The van der Waals surface area contributed by atoms with E-state index in [1.165, 1.54) is 0 Å². The Labute approximate surface area is 72.0 Å². The van der Waals surface area contributed by atoms with E-state index in [0.717, 1.165) is 6.42 Å². The lowest BCUT2D eigenvalue weighted by Crippen LogP contribution is -2.40. The summed E-state index contributed by atoms with van der Waals surface area (Å²) >= 11 is 0. The van der Waals surface area contributed by atoms with Gasteiger partial charge in [-0.2, -0.15) is 0 Å². The molecule has 0 aromatic carbocycles. The predicted molar refractivity (Wildman–Crippen MR) is 44.5 cm³/mol. The molecule has 0 unspecified atom stereocenters. The van der Waals surface area contributed by atoms with Crippen molar-refractivity contribution in [3.63, 3.8) is 0 Å². The maximum absolute atomic E-state index is 10.4. The van der Waals surface area contributed by atoms with Crippen LogP contribution in [-0.4, -0.2) is 26.3 Å². The Morgan fingerprint density at radius 2 is 2.27 bits per heavy atom. The molecule has 0 radical (unpaired) electrons. The van der Waals surface area contributed by atoms with Crippen molar-refractivity contribution in [1.82, 2.24) is 10.7 Å². The normalized spacial score (nSPS) is 8.18. The van der Waals surface area contributed by atoms with Gasteiger partial charge in [-0.05, 0) is 6.42 Å². The van der Waals surface area contributed by atoms with E-state index in [0.29, 0.717) is 13.2 Å². The average molecular weight is 184 g/mol. The summed E-state index contributed by atoms with van der Waals surface area (Å²) in [5.41, 5.74) is 1.95. The van der Waals surface area contributed by atoms with Gasteiger partial charge in [0.05, 0.1) is 0 Å². The van der Waals surface area contributed by atoms with Crippen LogP contribution in [0.3, 0.4) is 0 Å². The predicted octanol–water partition coefficient (Wildman–Crippen LogP) is -0.382. The number of amides is 2. The number of methoxy groups -OCH3 is 1. The van der Waals surface area contributed by atoms with E-state index in [1.807, 2.05) is 5.43 Å². The number of rotatable bonds is 4. The third-order valence-electron chi connectivity index (χ3n) is 0.942. The number of hydrogen-bond acceptors (Lipinski definition) is 3. The van der Waals surface area contributed by atoms with Crippen molar-refractivity contribution in [3.05, 3.63) is 0 Å². The molecule has 0 spiro atoms. The van der Waals surface area contributed by atoms with Crippen LogP contribution in [-0.2, 0) is 4.74 Å². The zero-order chi connectivity index (χ0) is 7.82. The molecule has 0 rings (SSSR count). The van der Waals surface area contributed by atoms with Crippen LogP contribution >= 0.6 is 12.4 Å². The monoisotopic (exact) mass is 183 g/mol. The Morgan fingerprint density at radius 3 is 2.73 bits per heavy atom. The number of carbonyl (C=O) groups is 1. The number of halogens is 1. The number of hydrazine groups is 1. The third kappa shape index (κ3) is 9.48. The van der Waals surface area contributed by atoms with Crippen molar-refractivity contribution < 1.29 is 9.53 Å². The molecule has 0 saturated heterocycles. The van der Waals surface area contributed by atoms with Crippen LogP contribution in [0.15, 0.2) is 0 Å². The fourth-order valence-electron chi connectivity index (χ4n) is 0.469. The van der Waals surface area contributed by atoms with Crippen molar-refractivity contribution in [3.8, 4) is 0 Å². The molecule has 0 atom stereocenters. The number of ether oxygens (including phenoxy) is 1. The molecule has 0 heterocycles. The minimum atomic E-state index is -0.365. The second kappa shape index (κ2) is 9.48. The van der Waals surface area contributed by atoms with Crippen molar-refractivity contribution in [1.29, 1.82) is 0 Å². The van der Waals surface area contributed by atoms with Crippen LogP contribution in [0.4, 0.5) is 4.79 Å². The highest BCUT2D eigenvalue weighted by Gasteiger charge is 1.92. The highest BCUT2D eigenvalue weighted by Crippen LogP contribution is 1.75. The first-order chi connectivity index (χ1) is 4.81. The molecule has 4 N–H and O–H groups in total. The van der Waals surface area contributed by atoms with Gasteiger partial charge in [0.2, 0.25) is 0 Å². The lowest BCUT2D eigenvalue weighted by atomic mass is 10.4. The summed E-state index contributed by atoms with van der Waals surface area (Å²) in [6.45, 7) is 1.22. The van der Waals surface area contributed by atoms with Crippen molar-refractivity contribution >= 4 is 18.4 Å². The van der Waals surface area contributed by atoms with Gasteiger partial charge in [0, 0.05) is 20.3 Å². The van der Waals surface area contributed by atoms with Gasteiger partial charge < -0.3 is 10.1 Å². The Kier molecular flexibility index (Phi) is 11.3. The summed E-state index contributed by atoms with van der Waals surface area (Å²) in [7, 11) is 1.61. The van der Waals surface area contributed by atoms with Gasteiger partial charge in [-0.3, -0.25) is 5.43 Å². The molecule has 0 bridgehead atoms. The highest BCUT2D eigenvalue weighted by atomic mass is 35.5. The number of urea groups is 1. The van der Waals surface area contributed by atoms with E-state index in [9.17, 15) is 4.79 Å². The minimum Gasteiger partial charge on any atom is -0.385 e. The smallest absolute Gasteiger partial charge is 0.328 e. The fraction of sp³-hybridized carbons (Fsp3) is 0.800. The standard InChI is InChI=1S/C5H13N3O2.ClH/c1-10-4-2-3-7-5(9)8-6;/h2-4,6H2,1H3,(H2,7,8,9);1H. The Balaban J connectivity index is 0. The van der Waals surface area contributed by atoms with E-state index < -0.39 is 0 Å². The molecule has 0 aliphatic heterocycles. The summed E-state index contributed by atoms with van der Waals surface area (Å²) in [6, 6.07) is -0.365. The lowest BCUT2D eigenvalue weighted by Gasteiger charge is -2.01. The Bertz CT molecular complexity index is 102. The first-order valence-electron chi connectivity index (χ1n) is 3.04. The van der Waals surface area contributed by atoms with E-state index >= 15 is 0 Å². The molecule has 0 aromatic heterocycles. The van der Waals surface area contributed by atoms with Gasteiger partial charge in [-0.15, -0.1) is 12.4 Å². The number of hydrogen-bond donors (Lipinski definition) is 3. The van der Waals surface area contributed by atoms with Crippen molar-refractivity contribution in [2.75, 3.05) is 20.3 Å². The van der Waals surface area contributed by atoms with Gasteiger partial charge in [0.15, 0.2) is 0 Å². The quantitative estimate of drug-likeness (QED) is 0.241. The summed E-state index contributed by atoms with van der Waals surface area (Å²) in [5.74, 6) is 4.79. The highest BCUT2D eigenvalue weighted by molar-refractivity contribution is 5.85. The van der Waals surface area contributed by atoms with Crippen molar-refractivity contribution in [2.45, 2.75) is 6.42 Å². The topological polar surface area (TPSA) is 76.4 Å². The Hall–Kier alpha value is -0.520. The first-order valence-corrected chi connectivity index (χ1v) is 3.04. The lowest BCUT2D eigenvalue weighted by molar-refractivity contribution is 0.193. The Morgan fingerprint density at radius 1 is 1.64 bits per heavy atom. The molecule has 11 heavy (non-hydrogen) atoms. The minimum absolute atomic E-state index is 0. The maximum Gasteiger partial charge on any atom is 0.328 e. The van der Waals surface area contributed by atoms with Crippen molar-refractivity contribution in [2.24, 2.45) is 5.84 Å². The summed E-state index contributed by atoms with van der Waals surface area (Å²) < 4.78 is 4.75. The second-order valence-electron chi connectivity index (χ2n) is 1.75.